The van der Waals surface area contributed by atoms with Gasteiger partial charge in [0.25, 0.3) is 0 Å². The lowest BCUT2D eigenvalue weighted by molar-refractivity contribution is 0.668. The smallest absolute Gasteiger partial charge is 0.159 e. The van der Waals surface area contributed by atoms with E-state index in [0.717, 1.165) is 55.9 Å². The molecule has 2 aliphatic rings. The van der Waals surface area contributed by atoms with Crippen molar-refractivity contribution in [2.45, 2.75) is 5.41 Å². The van der Waals surface area contributed by atoms with E-state index in [1.807, 2.05) is 18.2 Å². The molecule has 0 atom stereocenters. The van der Waals surface area contributed by atoms with Crippen LogP contribution in [0.5, 0.6) is 0 Å². The zero-order chi connectivity index (χ0) is 40.9. The van der Waals surface area contributed by atoms with Crippen molar-refractivity contribution in [2.24, 2.45) is 0 Å². The van der Waals surface area contributed by atoms with Gasteiger partial charge in [-0.25, -0.2) is 0 Å². The zero-order valence-electron chi connectivity index (χ0n) is 33.5. The molecule has 11 aromatic rings. The fraction of sp³-hybridized carbons (Fsp3) is 0.0172. The van der Waals surface area contributed by atoms with E-state index in [1.54, 1.807) is 0 Å². The number of para-hydroxylation sites is 6. The molecular weight excluding hydrogens is 755 g/mol. The minimum atomic E-state index is -0.693. The minimum Gasteiger partial charge on any atom is -0.452 e. The van der Waals surface area contributed by atoms with Gasteiger partial charge in [0.2, 0.25) is 0 Å². The third-order valence-electron chi connectivity index (χ3n) is 13.2. The van der Waals surface area contributed by atoms with Gasteiger partial charge in [-0.2, -0.15) is 5.26 Å². The summed E-state index contributed by atoms with van der Waals surface area (Å²) in [7, 11) is 0. The van der Waals surface area contributed by atoms with Crippen LogP contribution in [0.4, 0.5) is 34.1 Å². The lowest BCUT2D eigenvalue weighted by Gasteiger charge is -2.45. The lowest BCUT2D eigenvalue weighted by atomic mass is 9.64. The van der Waals surface area contributed by atoms with Crippen LogP contribution in [0.3, 0.4) is 0 Å². The van der Waals surface area contributed by atoms with E-state index in [4.69, 9.17) is 4.42 Å². The Morgan fingerprint density at radius 1 is 0.435 bits per heavy atom. The Labute approximate surface area is 358 Å². The molecule has 0 radical (unpaired) electrons. The molecule has 0 bridgehead atoms. The predicted octanol–water partition coefficient (Wildman–Crippen LogP) is 15.4. The second-order valence-electron chi connectivity index (χ2n) is 16.2. The molecule has 1 aliphatic heterocycles. The Kier molecular flexibility index (Phi) is 7.26. The van der Waals surface area contributed by atoms with E-state index in [1.165, 1.54) is 49.5 Å². The molecule has 0 saturated heterocycles. The number of nitrogens with zero attached hydrogens (tertiary/aromatic N) is 3. The van der Waals surface area contributed by atoms with Crippen LogP contribution >= 0.6 is 0 Å². The highest BCUT2D eigenvalue weighted by Crippen LogP contribution is 2.66. The number of nitriles is 1. The van der Waals surface area contributed by atoms with Gasteiger partial charge in [-0.05, 0) is 104 Å². The molecule has 288 valence electrons. The Balaban J connectivity index is 1.21. The average molecular weight is 790 g/mol. The molecule has 0 unspecified atom stereocenters. The maximum Gasteiger partial charge on any atom is 0.159 e. The molecule has 62 heavy (non-hydrogen) atoms. The van der Waals surface area contributed by atoms with Gasteiger partial charge in [0.15, 0.2) is 11.2 Å². The maximum absolute atomic E-state index is 10.2. The lowest BCUT2D eigenvalue weighted by Crippen LogP contribution is -2.36. The largest absolute Gasteiger partial charge is 0.452 e. The molecule has 2 heterocycles. The molecule has 1 aromatic heterocycles. The van der Waals surface area contributed by atoms with Crippen molar-refractivity contribution in [3.63, 3.8) is 0 Å². The molecule has 1 spiro atoms. The molecule has 10 aromatic carbocycles. The van der Waals surface area contributed by atoms with E-state index in [2.05, 4.69) is 210 Å². The maximum atomic E-state index is 10.2. The van der Waals surface area contributed by atoms with E-state index < -0.39 is 5.41 Å². The van der Waals surface area contributed by atoms with Crippen molar-refractivity contribution >= 4 is 77.6 Å². The van der Waals surface area contributed by atoms with Crippen LogP contribution in [0.1, 0.15) is 27.8 Å². The molecule has 0 fully saturated rings. The molecule has 0 saturated carbocycles. The van der Waals surface area contributed by atoms with Crippen LogP contribution < -0.4 is 9.80 Å². The van der Waals surface area contributed by atoms with Gasteiger partial charge in [-0.1, -0.05) is 158 Å². The van der Waals surface area contributed by atoms with Crippen LogP contribution in [0.2, 0.25) is 0 Å². The van der Waals surface area contributed by atoms with E-state index >= 15 is 0 Å². The second kappa shape index (κ2) is 13.1. The SMILES string of the molecule is N#Cc1cccc2c1oc1c(N(c3ccccc3)c3cc4c(c5ccccc35)-c3c(ccc5ccccc35)C43c4ccccc4N(c4ccccc4)c4ccccc43)cccc12. The van der Waals surface area contributed by atoms with E-state index in [9.17, 15) is 5.26 Å². The van der Waals surface area contributed by atoms with Crippen molar-refractivity contribution in [2.75, 3.05) is 9.80 Å². The van der Waals surface area contributed by atoms with Crippen molar-refractivity contribution in [1.82, 2.24) is 0 Å². The summed E-state index contributed by atoms with van der Waals surface area (Å²) in [5.74, 6) is 0. The number of hydrogen-bond donors (Lipinski definition) is 0. The second-order valence-corrected chi connectivity index (χ2v) is 16.2. The summed E-state index contributed by atoms with van der Waals surface area (Å²) in [5, 5.41) is 16.8. The van der Waals surface area contributed by atoms with Gasteiger partial charge in [-0.3, -0.25) is 0 Å². The highest BCUT2D eigenvalue weighted by Gasteiger charge is 2.53. The average Bonchev–Trinajstić information content (AvgIpc) is 3.87. The molecule has 0 N–H and O–H groups in total. The van der Waals surface area contributed by atoms with Crippen LogP contribution in [-0.4, -0.2) is 0 Å². The van der Waals surface area contributed by atoms with Gasteiger partial charge in [0.1, 0.15) is 6.07 Å². The number of rotatable bonds is 4. The third-order valence-corrected chi connectivity index (χ3v) is 13.2. The fourth-order valence-electron chi connectivity index (χ4n) is 10.8. The molecule has 1 aliphatic carbocycles. The minimum absolute atomic E-state index is 0.519. The first-order valence-corrected chi connectivity index (χ1v) is 21.1. The number of anilines is 6. The van der Waals surface area contributed by atoms with Gasteiger partial charge in [0.05, 0.1) is 33.7 Å². The van der Waals surface area contributed by atoms with Crippen molar-refractivity contribution in [1.29, 1.82) is 5.26 Å². The summed E-state index contributed by atoms with van der Waals surface area (Å²) in [6, 6.07) is 78.8. The monoisotopic (exact) mass is 789 g/mol. The first-order chi connectivity index (χ1) is 30.8. The first-order valence-electron chi connectivity index (χ1n) is 21.1. The van der Waals surface area contributed by atoms with E-state index in [0.29, 0.717) is 11.1 Å². The quantitative estimate of drug-likeness (QED) is 0.178. The Hall–Kier alpha value is -8.39. The Morgan fingerprint density at radius 2 is 1.02 bits per heavy atom. The molecule has 0 amide bonds. The summed E-state index contributed by atoms with van der Waals surface area (Å²) in [6.45, 7) is 0. The van der Waals surface area contributed by atoms with Crippen molar-refractivity contribution < 1.29 is 4.42 Å². The number of fused-ring (bicyclic) bond motifs is 16. The van der Waals surface area contributed by atoms with Gasteiger partial charge < -0.3 is 14.2 Å². The highest BCUT2D eigenvalue weighted by atomic mass is 16.3. The molecule has 13 rings (SSSR count). The van der Waals surface area contributed by atoms with Crippen molar-refractivity contribution in [3.05, 3.63) is 240 Å². The summed E-state index contributed by atoms with van der Waals surface area (Å²) < 4.78 is 6.82. The molecule has 4 nitrogen and oxygen atoms in total. The summed E-state index contributed by atoms with van der Waals surface area (Å²) in [4.78, 5) is 4.80. The fourth-order valence-corrected chi connectivity index (χ4v) is 10.8. The number of benzene rings is 10. The van der Waals surface area contributed by atoms with Crippen LogP contribution in [0.25, 0.3) is 54.6 Å². The summed E-state index contributed by atoms with van der Waals surface area (Å²) >= 11 is 0. The van der Waals surface area contributed by atoms with Gasteiger partial charge in [0, 0.05) is 27.5 Å². The standard InChI is InChI=1S/C58H35N3O/c59-36-38-18-15-26-44-45-27-16-32-52(57(45)62-56(38)44)61(40-21-5-2-6-22-40)53-35-49-55(43-25-10-9-24-42(43)53)54-41-23-8-7-17-37(41)33-34-48(54)58(49)46-28-11-13-30-50(46)60(39-19-3-1-4-20-39)51-31-14-12-29-47(51)58/h1-35H. The van der Waals surface area contributed by atoms with E-state index in [-0.39, 0.29) is 0 Å². The topological polar surface area (TPSA) is 43.4 Å². The van der Waals surface area contributed by atoms with Crippen LogP contribution in [-0.2, 0) is 5.41 Å². The van der Waals surface area contributed by atoms with Crippen molar-refractivity contribution in [3.8, 4) is 17.2 Å². The number of furan rings is 1. The summed E-state index contributed by atoms with van der Waals surface area (Å²) in [5.41, 5.74) is 15.0. The highest BCUT2D eigenvalue weighted by molar-refractivity contribution is 6.18. The predicted molar refractivity (Wildman–Crippen MR) is 254 cm³/mol. The molecule has 4 heteroatoms. The van der Waals surface area contributed by atoms with Crippen LogP contribution in [0.15, 0.2) is 217 Å². The number of hydrogen-bond acceptors (Lipinski definition) is 4. The first kappa shape index (κ1) is 34.5. The summed E-state index contributed by atoms with van der Waals surface area (Å²) in [6.07, 6.45) is 0. The van der Waals surface area contributed by atoms with Gasteiger partial charge in [-0.15, -0.1) is 0 Å². The van der Waals surface area contributed by atoms with Crippen LogP contribution in [0, 0.1) is 11.3 Å². The Morgan fingerprint density at radius 3 is 1.76 bits per heavy atom. The Bertz CT molecular complexity index is 3630. The third kappa shape index (κ3) is 4.54. The van der Waals surface area contributed by atoms with Gasteiger partial charge >= 0.3 is 0 Å². The zero-order valence-corrected chi connectivity index (χ0v) is 33.5. The molecular formula is C58H35N3O. The normalized spacial score (nSPS) is 13.2.